The van der Waals surface area contributed by atoms with Crippen LogP contribution in [0.3, 0.4) is 0 Å². The van der Waals surface area contributed by atoms with E-state index in [0.29, 0.717) is 29.5 Å². The molecule has 0 bridgehead atoms. The van der Waals surface area contributed by atoms with Crippen molar-refractivity contribution >= 4 is 17.7 Å². The van der Waals surface area contributed by atoms with Crippen molar-refractivity contribution in [3.63, 3.8) is 0 Å². The molecule has 2 aromatic carbocycles. The normalized spacial score (nSPS) is 17.0. The van der Waals surface area contributed by atoms with Gasteiger partial charge >= 0.3 is 0 Å². The molecule has 5 rings (SSSR count). The van der Waals surface area contributed by atoms with Crippen LogP contribution in [0.5, 0.6) is 11.6 Å². The number of methoxy groups -OCH3 is 1. The third kappa shape index (κ3) is 5.53. The van der Waals surface area contributed by atoms with Crippen LogP contribution in [0.25, 0.3) is 0 Å². The number of piperazine rings is 1. The van der Waals surface area contributed by atoms with E-state index < -0.39 is 0 Å². The summed E-state index contributed by atoms with van der Waals surface area (Å²) in [5, 5.41) is 9.08. The molecule has 0 atom stereocenters. The summed E-state index contributed by atoms with van der Waals surface area (Å²) < 4.78 is 11.6. The Morgan fingerprint density at radius 2 is 1.86 bits per heavy atom. The van der Waals surface area contributed by atoms with Gasteiger partial charge in [-0.1, -0.05) is 23.9 Å². The molecule has 1 saturated heterocycles. The Labute approximate surface area is 210 Å². The smallest absolute Gasteiger partial charge is 0.232 e. The van der Waals surface area contributed by atoms with Crippen molar-refractivity contribution in [2.45, 2.75) is 41.7 Å². The standard InChI is InChI=1S/C27H29N5O2S/c1-27(10-11-27)32-14-12-31(13-15-32)26-29-18-24(35-23-8-6-20(17-28)7-9-23)25(30-26)34-19-21-4-3-5-22(16-21)33-2/h3-9,16,18H,10-15,19H2,1-2H3. The van der Waals surface area contributed by atoms with Gasteiger partial charge in [-0.3, -0.25) is 4.90 Å². The third-order valence-corrected chi connectivity index (χ3v) is 7.74. The highest BCUT2D eigenvalue weighted by atomic mass is 32.2. The lowest BCUT2D eigenvalue weighted by Gasteiger charge is -2.38. The monoisotopic (exact) mass is 487 g/mol. The number of nitrogens with zero attached hydrogens (tertiary/aromatic N) is 5. The Morgan fingerprint density at radius 3 is 2.54 bits per heavy atom. The van der Waals surface area contributed by atoms with Crippen LogP contribution in [0.4, 0.5) is 5.95 Å². The van der Waals surface area contributed by atoms with Crippen molar-refractivity contribution in [3.8, 4) is 17.7 Å². The van der Waals surface area contributed by atoms with Crippen LogP contribution in [0.2, 0.25) is 0 Å². The molecular weight excluding hydrogens is 458 g/mol. The second-order valence-corrected chi connectivity index (χ2v) is 10.3. The zero-order valence-electron chi connectivity index (χ0n) is 20.1. The third-order valence-electron chi connectivity index (χ3n) is 6.73. The molecule has 1 saturated carbocycles. The Hall–Kier alpha value is -3.28. The minimum absolute atomic E-state index is 0.376. The molecule has 35 heavy (non-hydrogen) atoms. The van der Waals surface area contributed by atoms with Gasteiger partial charge in [0.25, 0.3) is 0 Å². The average Bonchev–Trinajstić information content (AvgIpc) is 3.67. The second-order valence-electron chi connectivity index (χ2n) is 9.19. The number of rotatable bonds is 8. The predicted octanol–water partition coefficient (Wildman–Crippen LogP) is 4.76. The summed E-state index contributed by atoms with van der Waals surface area (Å²) in [6.45, 7) is 6.61. The molecule has 0 unspecified atom stereocenters. The van der Waals surface area contributed by atoms with E-state index in [2.05, 4.69) is 22.8 Å². The first-order chi connectivity index (χ1) is 17.1. The molecule has 1 aliphatic heterocycles. The fourth-order valence-electron chi connectivity index (χ4n) is 4.25. The molecule has 180 valence electrons. The molecule has 2 aliphatic rings. The lowest BCUT2D eigenvalue weighted by atomic mass is 10.2. The largest absolute Gasteiger partial charge is 0.497 e. The molecule has 8 heteroatoms. The van der Waals surface area contributed by atoms with E-state index >= 15 is 0 Å². The highest BCUT2D eigenvalue weighted by Gasteiger charge is 2.44. The van der Waals surface area contributed by atoms with E-state index in [1.165, 1.54) is 24.6 Å². The maximum absolute atomic E-state index is 9.08. The first-order valence-electron chi connectivity index (χ1n) is 11.9. The molecule has 0 amide bonds. The van der Waals surface area contributed by atoms with Gasteiger partial charge in [0, 0.05) is 36.6 Å². The average molecular weight is 488 g/mol. The van der Waals surface area contributed by atoms with Gasteiger partial charge in [-0.05, 0) is 61.7 Å². The van der Waals surface area contributed by atoms with Crippen molar-refractivity contribution in [2.75, 3.05) is 38.2 Å². The van der Waals surface area contributed by atoms with E-state index in [9.17, 15) is 0 Å². The Kier molecular flexibility index (Phi) is 6.80. The first kappa shape index (κ1) is 23.5. The summed E-state index contributed by atoms with van der Waals surface area (Å²) in [5.41, 5.74) is 2.04. The minimum atomic E-state index is 0.376. The molecule has 0 radical (unpaired) electrons. The van der Waals surface area contributed by atoms with Crippen LogP contribution in [0.15, 0.2) is 64.5 Å². The van der Waals surface area contributed by atoms with Crippen LogP contribution in [-0.4, -0.2) is 53.7 Å². The lowest BCUT2D eigenvalue weighted by Crippen LogP contribution is -2.51. The van der Waals surface area contributed by atoms with E-state index in [1.54, 1.807) is 7.11 Å². The van der Waals surface area contributed by atoms with Crippen molar-refractivity contribution in [2.24, 2.45) is 0 Å². The topological polar surface area (TPSA) is 74.5 Å². The zero-order chi connectivity index (χ0) is 24.3. The van der Waals surface area contributed by atoms with Crippen LogP contribution >= 0.6 is 11.8 Å². The van der Waals surface area contributed by atoms with Gasteiger partial charge < -0.3 is 14.4 Å². The van der Waals surface area contributed by atoms with Crippen molar-refractivity contribution < 1.29 is 9.47 Å². The summed E-state index contributed by atoms with van der Waals surface area (Å²) in [5.74, 6) is 2.06. The molecule has 0 spiro atoms. The molecule has 2 heterocycles. The predicted molar refractivity (Wildman–Crippen MR) is 136 cm³/mol. The summed E-state index contributed by atoms with van der Waals surface area (Å²) >= 11 is 1.53. The summed E-state index contributed by atoms with van der Waals surface area (Å²) in [6.07, 6.45) is 4.45. The van der Waals surface area contributed by atoms with Crippen molar-refractivity contribution in [3.05, 3.63) is 65.9 Å². The van der Waals surface area contributed by atoms with Crippen LogP contribution < -0.4 is 14.4 Å². The number of benzene rings is 2. The number of ether oxygens (including phenoxy) is 2. The Morgan fingerprint density at radius 1 is 1.09 bits per heavy atom. The van der Waals surface area contributed by atoms with Gasteiger partial charge in [-0.15, -0.1) is 0 Å². The van der Waals surface area contributed by atoms with Crippen LogP contribution in [-0.2, 0) is 6.61 Å². The zero-order valence-corrected chi connectivity index (χ0v) is 20.9. The van der Waals surface area contributed by atoms with Gasteiger partial charge in [-0.2, -0.15) is 10.2 Å². The van der Waals surface area contributed by atoms with Gasteiger partial charge in [0.05, 0.1) is 29.8 Å². The summed E-state index contributed by atoms with van der Waals surface area (Å²) in [7, 11) is 1.66. The van der Waals surface area contributed by atoms with Gasteiger partial charge in [-0.25, -0.2) is 4.98 Å². The van der Waals surface area contributed by atoms with Crippen LogP contribution in [0.1, 0.15) is 30.9 Å². The number of aromatic nitrogens is 2. The maximum atomic E-state index is 9.08. The Balaban J connectivity index is 1.35. The van der Waals surface area contributed by atoms with E-state index in [4.69, 9.17) is 24.7 Å². The molecule has 7 nitrogen and oxygen atoms in total. The first-order valence-corrected chi connectivity index (χ1v) is 12.7. The fraction of sp³-hybridized carbons (Fsp3) is 0.370. The molecule has 3 aromatic rings. The van der Waals surface area contributed by atoms with E-state index in [-0.39, 0.29) is 0 Å². The number of anilines is 1. The SMILES string of the molecule is COc1cccc(COc2nc(N3CCN(C4(C)CC4)CC3)ncc2Sc2ccc(C#N)cc2)c1. The van der Waals surface area contributed by atoms with Crippen molar-refractivity contribution in [1.29, 1.82) is 5.26 Å². The van der Waals surface area contributed by atoms with Gasteiger partial charge in [0.2, 0.25) is 11.8 Å². The molecule has 1 aromatic heterocycles. The van der Waals surface area contributed by atoms with Gasteiger partial charge in [0.1, 0.15) is 12.4 Å². The van der Waals surface area contributed by atoms with Crippen LogP contribution in [0, 0.1) is 11.3 Å². The van der Waals surface area contributed by atoms with E-state index in [0.717, 1.165) is 47.3 Å². The van der Waals surface area contributed by atoms with Crippen molar-refractivity contribution in [1.82, 2.24) is 14.9 Å². The fourth-order valence-corrected chi connectivity index (χ4v) is 5.08. The summed E-state index contributed by atoms with van der Waals surface area (Å²) in [6, 6.07) is 17.5. The molecule has 0 N–H and O–H groups in total. The highest BCUT2D eigenvalue weighted by Crippen LogP contribution is 2.41. The quantitative estimate of drug-likeness (QED) is 0.450. The van der Waals surface area contributed by atoms with Gasteiger partial charge in [0.15, 0.2) is 0 Å². The molecule has 2 fully saturated rings. The summed E-state index contributed by atoms with van der Waals surface area (Å²) in [4.78, 5) is 16.2. The molecule has 1 aliphatic carbocycles. The van der Waals surface area contributed by atoms with E-state index in [1.807, 2.05) is 54.7 Å². The number of nitriles is 1. The Bertz CT molecular complexity index is 1210. The minimum Gasteiger partial charge on any atom is -0.497 e. The lowest BCUT2D eigenvalue weighted by molar-refractivity contribution is 0.179. The number of hydrogen-bond acceptors (Lipinski definition) is 8. The molecular formula is C27H29N5O2S. The number of hydrogen-bond donors (Lipinski definition) is 0. The highest BCUT2D eigenvalue weighted by molar-refractivity contribution is 7.99. The maximum Gasteiger partial charge on any atom is 0.232 e. The second kappa shape index (κ2) is 10.1.